The van der Waals surface area contributed by atoms with Crippen molar-refractivity contribution in [1.29, 1.82) is 0 Å². The summed E-state index contributed by atoms with van der Waals surface area (Å²) in [5, 5.41) is 11.6. The first-order valence-corrected chi connectivity index (χ1v) is 9.82. The van der Waals surface area contributed by atoms with E-state index in [4.69, 9.17) is 25.8 Å². The monoisotopic (exact) mass is 429 g/mol. The van der Waals surface area contributed by atoms with Crippen molar-refractivity contribution < 1.29 is 28.9 Å². The van der Waals surface area contributed by atoms with Crippen molar-refractivity contribution in [3.8, 4) is 11.5 Å². The summed E-state index contributed by atoms with van der Waals surface area (Å²) in [6.45, 7) is 1.29. The molecule has 8 heteroatoms. The molecule has 7 nitrogen and oxygen atoms in total. The number of hydrogen-bond acceptors (Lipinski definition) is 6. The number of fused-ring (bicyclic) bond motifs is 1. The van der Waals surface area contributed by atoms with E-state index in [-0.39, 0.29) is 24.5 Å². The zero-order valence-corrected chi connectivity index (χ0v) is 17.0. The molecule has 2 aromatic carbocycles. The van der Waals surface area contributed by atoms with Crippen molar-refractivity contribution >= 4 is 29.1 Å². The fourth-order valence-electron chi connectivity index (χ4n) is 3.64. The van der Waals surface area contributed by atoms with Gasteiger partial charge in [0.25, 0.3) is 11.7 Å². The predicted octanol–water partition coefficient (Wildman–Crippen LogP) is 3.18. The average Bonchev–Trinajstić information content (AvgIpc) is 3.02. The number of aliphatic hydroxyl groups is 1. The number of ether oxygens (including phenoxy) is 3. The van der Waals surface area contributed by atoms with Crippen molar-refractivity contribution in [3.05, 3.63) is 64.2 Å². The second-order valence-electron chi connectivity index (χ2n) is 6.90. The van der Waals surface area contributed by atoms with Crippen LogP contribution in [0.2, 0.25) is 5.02 Å². The molecule has 2 heterocycles. The lowest BCUT2D eigenvalue weighted by atomic mass is 9.95. The molecule has 1 saturated heterocycles. The molecule has 0 aromatic heterocycles. The van der Waals surface area contributed by atoms with Crippen LogP contribution in [0, 0.1) is 0 Å². The van der Waals surface area contributed by atoms with Crippen LogP contribution in [-0.4, -0.2) is 55.2 Å². The Bertz CT molecular complexity index is 1020. The van der Waals surface area contributed by atoms with Gasteiger partial charge in [0.05, 0.1) is 18.2 Å². The lowest BCUT2D eigenvalue weighted by Gasteiger charge is -2.25. The summed E-state index contributed by atoms with van der Waals surface area (Å²) in [7, 11) is 1.52. The van der Waals surface area contributed by atoms with E-state index in [2.05, 4.69) is 0 Å². The molecular formula is C22H20ClNO6. The quantitative estimate of drug-likeness (QED) is 0.446. The summed E-state index contributed by atoms with van der Waals surface area (Å²) in [6.07, 6.45) is 0. The van der Waals surface area contributed by atoms with Crippen LogP contribution in [0.15, 0.2) is 48.0 Å². The van der Waals surface area contributed by atoms with Crippen LogP contribution in [0.1, 0.15) is 17.2 Å². The lowest BCUT2D eigenvalue weighted by molar-refractivity contribution is -0.140. The van der Waals surface area contributed by atoms with Crippen molar-refractivity contribution in [3.63, 3.8) is 0 Å². The summed E-state index contributed by atoms with van der Waals surface area (Å²) in [4.78, 5) is 27.0. The second kappa shape index (κ2) is 8.38. The van der Waals surface area contributed by atoms with Crippen LogP contribution < -0.4 is 9.47 Å². The van der Waals surface area contributed by atoms with Crippen molar-refractivity contribution in [2.75, 3.05) is 33.5 Å². The molecule has 1 unspecified atom stereocenters. The number of benzene rings is 2. The first-order valence-electron chi connectivity index (χ1n) is 9.44. The molecule has 30 heavy (non-hydrogen) atoms. The number of likely N-dealkylation sites (tertiary alicyclic amines) is 1. The summed E-state index contributed by atoms with van der Waals surface area (Å²) in [5.74, 6) is -0.677. The Morgan fingerprint density at radius 2 is 1.83 bits per heavy atom. The van der Waals surface area contributed by atoms with E-state index in [1.54, 1.807) is 42.5 Å². The summed E-state index contributed by atoms with van der Waals surface area (Å²) in [5.41, 5.74) is 1.03. The SMILES string of the molecule is COCCN1C(=O)C(=O)/C(=C(\O)c2ccc3c(c2)OCCO3)C1c1ccc(Cl)cc1. The van der Waals surface area contributed by atoms with Gasteiger partial charge in [-0.15, -0.1) is 0 Å². The molecule has 1 atom stereocenters. The zero-order valence-electron chi connectivity index (χ0n) is 16.3. The molecule has 0 aliphatic carbocycles. The number of Topliss-reactive ketones (excluding diaryl/α,β-unsaturated/α-hetero) is 1. The summed E-state index contributed by atoms with van der Waals surface area (Å²) in [6, 6.07) is 11.0. The van der Waals surface area contributed by atoms with Crippen molar-refractivity contribution in [1.82, 2.24) is 4.90 Å². The Morgan fingerprint density at radius 1 is 1.13 bits per heavy atom. The van der Waals surface area contributed by atoms with Gasteiger partial charge in [-0.3, -0.25) is 9.59 Å². The van der Waals surface area contributed by atoms with E-state index in [0.717, 1.165) is 0 Å². The van der Waals surface area contributed by atoms with Gasteiger partial charge in [0.2, 0.25) is 0 Å². The van der Waals surface area contributed by atoms with Crippen LogP contribution in [-0.2, 0) is 14.3 Å². The number of rotatable bonds is 5. The third kappa shape index (κ3) is 3.62. The number of hydrogen-bond donors (Lipinski definition) is 1. The van der Waals surface area contributed by atoms with Crippen LogP contribution in [0.25, 0.3) is 5.76 Å². The zero-order chi connectivity index (χ0) is 21.3. The van der Waals surface area contributed by atoms with Crippen LogP contribution in [0.4, 0.5) is 0 Å². The number of halogens is 1. The highest BCUT2D eigenvalue weighted by Gasteiger charge is 2.45. The third-order valence-corrected chi connectivity index (χ3v) is 5.33. The molecule has 156 valence electrons. The molecule has 0 saturated carbocycles. The standard InChI is InChI=1S/C22H20ClNO6/c1-28-9-8-24-19(13-2-5-15(23)6-3-13)18(21(26)22(24)27)20(25)14-4-7-16-17(12-14)30-11-10-29-16/h2-7,12,19,25H,8-11H2,1H3/b20-18-. The van der Waals surface area contributed by atoms with Gasteiger partial charge in [-0.2, -0.15) is 0 Å². The maximum atomic E-state index is 12.9. The lowest BCUT2D eigenvalue weighted by Crippen LogP contribution is -2.32. The van der Waals surface area contributed by atoms with E-state index < -0.39 is 17.7 Å². The molecule has 0 bridgehead atoms. The van der Waals surface area contributed by atoms with E-state index in [0.29, 0.717) is 40.9 Å². The van der Waals surface area contributed by atoms with Crippen LogP contribution in [0.3, 0.4) is 0 Å². The van der Waals surface area contributed by atoms with E-state index in [9.17, 15) is 14.7 Å². The maximum absolute atomic E-state index is 12.9. The van der Waals surface area contributed by atoms with Gasteiger partial charge in [-0.05, 0) is 35.9 Å². The second-order valence-corrected chi connectivity index (χ2v) is 7.33. The van der Waals surface area contributed by atoms with Gasteiger partial charge >= 0.3 is 0 Å². The topological polar surface area (TPSA) is 85.3 Å². The van der Waals surface area contributed by atoms with Gasteiger partial charge in [-0.1, -0.05) is 23.7 Å². The molecule has 2 aliphatic heterocycles. The minimum absolute atomic E-state index is 0.00935. The Balaban J connectivity index is 1.82. The molecular weight excluding hydrogens is 410 g/mol. The fourth-order valence-corrected chi connectivity index (χ4v) is 3.76. The average molecular weight is 430 g/mol. The highest BCUT2D eigenvalue weighted by molar-refractivity contribution is 6.46. The van der Waals surface area contributed by atoms with Gasteiger partial charge in [-0.25, -0.2) is 0 Å². The number of methoxy groups -OCH3 is 1. The first-order chi connectivity index (χ1) is 14.5. The normalized spacial score (nSPS) is 19.9. The Labute approximate surface area is 178 Å². The molecule has 1 fully saturated rings. The predicted molar refractivity (Wildman–Crippen MR) is 110 cm³/mol. The smallest absolute Gasteiger partial charge is 0.295 e. The van der Waals surface area contributed by atoms with Crippen LogP contribution >= 0.6 is 11.6 Å². The van der Waals surface area contributed by atoms with Gasteiger partial charge in [0.15, 0.2) is 11.5 Å². The largest absolute Gasteiger partial charge is 0.507 e. The Morgan fingerprint density at radius 3 is 2.53 bits per heavy atom. The van der Waals surface area contributed by atoms with Gasteiger partial charge < -0.3 is 24.2 Å². The number of carbonyl (C=O) groups is 2. The Kier molecular flexibility index (Phi) is 5.65. The minimum atomic E-state index is -0.759. The number of aliphatic hydroxyl groups excluding tert-OH is 1. The van der Waals surface area contributed by atoms with Gasteiger partial charge in [0, 0.05) is 24.2 Å². The molecule has 1 N–H and O–H groups in total. The summed E-state index contributed by atoms with van der Waals surface area (Å²) >= 11 is 6.00. The highest BCUT2D eigenvalue weighted by atomic mass is 35.5. The number of nitrogens with zero attached hydrogens (tertiary/aromatic N) is 1. The number of amides is 1. The van der Waals surface area contributed by atoms with E-state index >= 15 is 0 Å². The third-order valence-electron chi connectivity index (χ3n) is 5.08. The molecule has 1 amide bonds. The number of ketones is 1. The van der Waals surface area contributed by atoms with E-state index in [1.807, 2.05) is 0 Å². The Hall–Kier alpha value is -3.03. The van der Waals surface area contributed by atoms with Gasteiger partial charge in [0.1, 0.15) is 19.0 Å². The molecule has 2 aromatic rings. The van der Waals surface area contributed by atoms with Crippen LogP contribution in [0.5, 0.6) is 11.5 Å². The molecule has 0 spiro atoms. The molecule has 4 rings (SSSR count). The molecule has 0 radical (unpaired) electrons. The summed E-state index contributed by atoms with van der Waals surface area (Å²) < 4.78 is 16.2. The fraction of sp³-hybridized carbons (Fsp3) is 0.273. The van der Waals surface area contributed by atoms with Crippen molar-refractivity contribution in [2.45, 2.75) is 6.04 Å². The van der Waals surface area contributed by atoms with E-state index in [1.165, 1.54) is 12.0 Å². The first kappa shape index (κ1) is 20.3. The maximum Gasteiger partial charge on any atom is 0.295 e. The molecule has 2 aliphatic rings. The highest BCUT2D eigenvalue weighted by Crippen LogP contribution is 2.41. The van der Waals surface area contributed by atoms with Crippen molar-refractivity contribution in [2.24, 2.45) is 0 Å². The number of carbonyl (C=O) groups excluding carboxylic acids is 2. The minimum Gasteiger partial charge on any atom is -0.507 e.